The van der Waals surface area contributed by atoms with Crippen LogP contribution in [0.3, 0.4) is 0 Å². The molecule has 0 saturated carbocycles. The SMILES string of the molecule is CC(C)(C)NS(=O)(=O)c1ccccc1-c1ccc(C(=O)C2(C)N=c3ccncc3=N2)cc1. The van der Waals surface area contributed by atoms with Crippen LogP contribution in [0.25, 0.3) is 11.1 Å². The molecule has 2 heterocycles. The molecule has 3 aromatic rings. The number of ketones is 1. The molecule has 32 heavy (non-hydrogen) atoms. The van der Waals surface area contributed by atoms with Gasteiger partial charge in [0, 0.05) is 22.9 Å². The number of nitrogens with zero attached hydrogens (tertiary/aromatic N) is 3. The van der Waals surface area contributed by atoms with Crippen LogP contribution in [0.2, 0.25) is 0 Å². The summed E-state index contributed by atoms with van der Waals surface area (Å²) in [6.07, 6.45) is 3.20. The fourth-order valence-electron chi connectivity index (χ4n) is 3.63. The summed E-state index contributed by atoms with van der Waals surface area (Å²) in [7, 11) is -3.73. The predicted molar refractivity (Wildman–Crippen MR) is 121 cm³/mol. The third kappa shape index (κ3) is 4.24. The molecule has 1 aliphatic heterocycles. The number of sulfonamides is 1. The summed E-state index contributed by atoms with van der Waals surface area (Å²) < 4.78 is 28.6. The maximum absolute atomic E-state index is 13.2. The van der Waals surface area contributed by atoms with Crippen molar-refractivity contribution in [2.45, 2.75) is 43.8 Å². The molecule has 1 unspecified atom stereocenters. The second kappa shape index (κ2) is 7.72. The van der Waals surface area contributed by atoms with Crippen molar-refractivity contribution in [1.82, 2.24) is 9.71 Å². The van der Waals surface area contributed by atoms with Crippen molar-refractivity contribution in [3.8, 4) is 11.1 Å². The molecule has 0 radical (unpaired) electrons. The van der Waals surface area contributed by atoms with Crippen molar-refractivity contribution >= 4 is 15.8 Å². The zero-order chi connectivity index (χ0) is 23.1. The quantitative estimate of drug-likeness (QED) is 0.607. The summed E-state index contributed by atoms with van der Waals surface area (Å²) in [5.41, 5.74) is -0.167. The molecular formula is C24H24N4O3S. The van der Waals surface area contributed by atoms with Gasteiger partial charge in [0.2, 0.25) is 21.5 Å². The first kappa shape index (κ1) is 22.0. The van der Waals surface area contributed by atoms with Crippen molar-refractivity contribution in [2.75, 3.05) is 0 Å². The van der Waals surface area contributed by atoms with Gasteiger partial charge in [-0.15, -0.1) is 0 Å². The monoisotopic (exact) mass is 448 g/mol. The summed E-state index contributed by atoms with van der Waals surface area (Å²) >= 11 is 0. The minimum Gasteiger partial charge on any atom is -0.289 e. The van der Waals surface area contributed by atoms with Gasteiger partial charge in [-0.3, -0.25) is 9.78 Å². The highest BCUT2D eigenvalue weighted by Gasteiger charge is 2.35. The second-order valence-corrected chi connectivity index (χ2v) is 10.5. The highest BCUT2D eigenvalue weighted by Crippen LogP contribution is 2.29. The smallest absolute Gasteiger partial charge is 0.241 e. The minimum absolute atomic E-state index is 0.185. The number of aromatic nitrogens is 1. The summed E-state index contributed by atoms with van der Waals surface area (Å²) in [6.45, 7) is 7.05. The van der Waals surface area contributed by atoms with E-state index < -0.39 is 21.2 Å². The van der Waals surface area contributed by atoms with Crippen LogP contribution in [-0.4, -0.2) is 30.4 Å². The molecule has 1 aliphatic rings. The first-order valence-corrected chi connectivity index (χ1v) is 11.6. The average Bonchev–Trinajstić information content (AvgIpc) is 3.09. The molecule has 4 rings (SSSR count). The maximum Gasteiger partial charge on any atom is 0.241 e. The molecule has 0 aliphatic carbocycles. The number of Topliss-reactive ketones (excluding diaryl/α,β-unsaturated/α-hetero) is 1. The van der Waals surface area contributed by atoms with Gasteiger partial charge in [0.1, 0.15) is 5.36 Å². The van der Waals surface area contributed by atoms with Crippen LogP contribution < -0.4 is 15.4 Å². The van der Waals surface area contributed by atoms with Crippen LogP contribution in [-0.2, 0) is 10.0 Å². The van der Waals surface area contributed by atoms with Gasteiger partial charge in [-0.1, -0.05) is 42.5 Å². The highest BCUT2D eigenvalue weighted by molar-refractivity contribution is 7.89. The van der Waals surface area contributed by atoms with E-state index in [1.54, 1.807) is 94.7 Å². The highest BCUT2D eigenvalue weighted by atomic mass is 32.2. The molecule has 1 N–H and O–H groups in total. The van der Waals surface area contributed by atoms with E-state index in [0.717, 1.165) is 0 Å². The Morgan fingerprint density at radius 2 is 1.59 bits per heavy atom. The molecule has 2 aromatic carbocycles. The Morgan fingerprint density at radius 1 is 0.938 bits per heavy atom. The van der Waals surface area contributed by atoms with Crippen LogP contribution in [0.1, 0.15) is 38.1 Å². The number of carbonyl (C=O) groups excluding carboxylic acids is 1. The van der Waals surface area contributed by atoms with Crippen molar-refractivity contribution in [1.29, 1.82) is 0 Å². The van der Waals surface area contributed by atoms with E-state index in [0.29, 0.717) is 27.4 Å². The topological polar surface area (TPSA) is 101 Å². The summed E-state index contributed by atoms with van der Waals surface area (Å²) in [6, 6.07) is 15.4. The summed E-state index contributed by atoms with van der Waals surface area (Å²) in [4.78, 5) is 26.3. The number of benzene rings is 2. The molecule has 7 nitrogen and oxygen atoms in total. The minimum atomic E-state index is -3.73. The number of fused-ring (bicyclic) bond motifs is 1. The number of pyridine rings is 1. The third-order valence-corrected chi connectivity index (χ3v) is 6.78. The van der Waals surface area contributed by atoms with Crippen LogP contribution in [0.5, 0.6) is 0 Å². The summed E-state index contributed by atoms with van der Waals surface area (Å²) in [5.74, 6) is -0.240. The molecular weight excluding hydrogens is 424 g/mol. The van der Waals surface area contributed by atoms with Crippen molar-refractivity contribution < 1.29 is 13.2 Å². The normalized spacial score (nSPS) is 17.9. The van der Waals surface area contributed by atoms with Crippen molar-refractivity contribution in [2.24, 2.45) is 9.98 Å². The Morgan fingerprint density at radius 3 is 2.25 bits per heavy atom. The molecule has 164 valence electrons. The second-order valence-electron chi connectivity index (χ2n) is 8.87. The van der Waals surface area contributed by atoms with E-state index in [9.17, 15) is 13.2 Å². The van der Waals surface area contributed by atoms with E-state index in [1.165, 1.54) is 0 Å². The Balaban J connectivity index is 1.68. The molecule has 0 fully saturated rings. The Bertz CT molecular complexity index is 1390. The van der Waals surface area contributed by atoms with Crippen LogP contribution in [0.15, 0.2) is 81.9 Å². The van der Waals surface area contributed by atoms with E-state index in [1.807, 2.05) is 0 Å². The van der Waals surface area contributed by atoms with E-state index in [-0.39, 0.29) is 10.7 Å². The molecule has 0 spiro atoms. The van der Waals surface area contributed by atoms with Gasteiger partial charge in [0.05, 0.1) is 16.4 Å². The lowest BCUT2D eigenvalue weighted by Crippen LogP contribution is -2.40. The zero-order valence-electron chi connectivity index (χ0n) is 18.3. The third-order valence-electron chi connectivity index (χ3n) is 4.96. The van der Waals surface area contributed by atoms with Gasteiger partial charge in [0.15, 0.2) is 0 Å². The average molecular weight is 449 g/mol. The number of hydrogen-bond donors (Lipinski definition) is 1. The van der Waals surface area contributed by atoms with Crippen LogP contribution >= 0.6 is 0 Å². The summed E-state index contributed by atoms with van der Waals surface area (Å²) in [5, 5.41) is 1.23. The molecule has 0 saturated heterocycles. The largest absolute Gasteiger partial charge is 0.289 e. The van der Waals surface area contributed by atoms with Gasteiger partial charge in [0.25, 0.3) is 0 Å². The standard InChI is InChI=1S/C24H24N4O3S/c1-23(2,3)28-32(30,31)21-8-6-5-7-18(21)16-9-11-17(12-10-16)22(29)24(4)26-19-13-14-25-15-20(19)27-24/h5-15,28H,1-4H3. The number of nitrogens with one attached hydrogen (secondary N) is 1. The lowest BCUT2D eigenvalue weighted by molar-refractivity contribution is 0.0907. The molecule has 8 heteroatoms. The van der Waals surface area contributed by atoms with Gasteiger partial charge in [-0.05, 0) is 45.4 Å². The lowest BCUT2D eigenvalue weighted by atomic mass is 9.97. The van der Waals surface area contributed by atoms with Gasteiger partial charge < -0.3 is 0 Å². The Hall–Kier alpha value is -3.23. The maximum atomic E-state index is 13.2. The Kier molecular flexibility index (Phi) is 5.30. The van der Waals surface area contributed by atoms with Gasteiger partial charge >= 0.3 is 0 Å². The molecule has 0 amide bonds. The van der Waals surface area contributed by atoms with Gasteiger partial charge in [-0.25, -0.2) is 23.1 Å². The van der Waals surface area contributed by atoms with Crippen LogP contribution in [0.4, 0.5) is 0 Å². The predicted octanol–water partition coefficient (Wildman–Crippen LogP) is 2.68. The Labute approximate surface area is 187 Å². The van der Waals surface area contributed by atoms with E-state index in [2.05, 4.69) is 19.7 Å². The first-order chi connectivity index (χ1) is 15.0. The van der Waals surface area contributed by atoms with E-state index in [4.69, 9.17) is 0 Å². The molecule has 0 bridgehead atoms. The fraction of sp³-hybridized carbons (Fsp3) is 0.250. The molecule has 1 atom stereocenters. The molecule has 1 aromatic heterocycles. The number of rotatable bonds is 5. The van der Waals surface area contributed by atoms with E-state index >= 15 is 0 Å². The zero-order valence-corrected chi connectivity index (χ0v) is 19.1. The number of carbonyl (C=O) groups is 1. The number of hydrogen-bond acceptors (Lipinski definition) is 6. The van der Waals surface area contributed by atoms with Crippen LogP contribution in [0, 0.1) is 0 Å². The lowest BCUT2D eigenvalue weighted by Gasteiger charge is -2.21. The van der Waals surface area contributed by atoms with Crippen molar-refractivity contribution in [3.63, 3.8) is 0 Å². The fourth-order valence-corrected chi connectivity index (χ4v) is 5.28. The van der Waals surface area contributed by atoms with Crippen molar-refractivity contribution in [3.05, 3.63) is 83.3 Å². The van der Waals surface area contributed by atoms with Gasteiger partial charge in [-0.2, -0.15) is 0 Å². The first-order valence-electron chi connectivity index (χ1n) is 10.2.